The second-order valence-corrected chi connectivity index (χ2v) is 4.90. The number of hydrogen-bond acceptors (Lipinski definition) is 4. The number of rotatable bonds is 5. The van der Waals surface area contributed by atoms with E-state index in [1.165, 1.54) is 0 Å². The van der Waals surface area contributed by atoms with E-state index in [1.807, 2.05) is 31.2 Å². The Morgan fingerprint density at radius 2 is 2.14 bits per heavy atom. The first-order valence-electron chi connectivity index (χ1n) is 6.70. The van der Waals surface area contributed by atoms with Crippen LogP contribution < -0.4 is 15.8 Å². The van der Waals surface area contributed by atoms with E-state index in [2.05, 4.69) is 10.4 Å². The third kappa shape index (κ3) is 3.41. The molecular formula is C15H20N4O2. The van der Waals surface area contributed by atoms with Gasteiger partial charge in [0.05, 0.1) is 19.3 Å². The number of amides is 1. The number of ether oxygens (including phenoxy) is 1. The second-order valence-electron chi connectivity index (χ2n) is 4.90. The standard InChI is InChI=1S/C15H20N4O2/c1-10(12-6-4-5-7-13(12)21-3)18-15(20)14(16)11-8-17-19(2)9-11/h4-10,14H,16H2,1-3H3,(H,18,20)/t10-,14?/m1/s1. The van der Waals surface area contributed by atoms with E-state index in [9.17, 15) is 4.79 Å². The van der Waals surface area contributed by atoms with E-state index in [1.54, 1.807) is 31.2 Å². The number of carbonyl (C=O) groups excluding carboxylic acids is 1. The Balaban J connectivity index is 2.08. The average Bonchev–Trinajstić information content (AvgIpc) is 2.92. The van der Waals surface area contributed by atoms with Gasteiger partial charge in [0.1, 0.15) is 11.8 Å². The van der Waals surface area contributed by atoms with Crippen LogP contribution in [0.25, 0.3) is 0 Å². The number of nitrogens with two attached hydrogens (primary N) is 1. The molecule has 21 heavy (non-hydrogen) atoms. The lowest BCUT2D eigenvalue weighted by atomic mass is 10.1. The van der Waals surface area contributed by atoms with E-state index in [0.717, 1.165) is 11.3 Å². The van der Waals surface area contributed by atoms with Crippen molar-refractivity contribution >= 4 is 5.91 Å². The molecule has 0 aliphatic rings. The number of aryl methyl sites for hydroxylation is 1. The number of para-hydroxylation sites is 1. The molecule has 2 rings (SSSR count). The minimum Gasteiger partial charge on any atom is -0.496 e. The van der Waals surface area contributed by atoms with Crippen molar-refractivity contribution in [2.24, 2.45) is 12.8 Å². The van der Waals surface area contributed by atoms with E-state index in [-0.39, 0.29) is 11.9 Å². The monoisotopic (exact) mass is 288 g/mol. The van der Waals surface area contributed by atoms with Gasteiger partial charge in [-0.15, -0.1) is 0 Å². The summed E-state index contributed by atoms with van der Waals surface area (Å²) < 4.78 is 6.92. The van der Waals surface area contributed by atoms with Crippen LogP contribution in [0.4, 0.5) is 0 Å². The predicted octanol–water partition coefficient (Wildman–Crippen LogP) is 1.31. The fraction of sp³-hybridized carbons (Fsp3) is 0.333. The third-order valence-electron chi connectivity index (χ3n) is 3.33. The first-order valence-corrected chi connectivity index (χ1v) is 6.70. The minimum atomic E-state index is -0.740. The zero-order chi connectivity index (χ0) is 15.4. The van der Waals surface area contributed by atoms with Crippen molar-refractivity contribution < 1.29 is 9.53 Å². The maximum Gasteiger partial charge on any atom is 0.242 e. The quantitative estimate of drug-likeness (QED) is 0.869. The second kappa shape index (κ2) is 6.41. The molecule has 0 saturated carbocycles. The van der Waals surface area contributed by atoms with Gasteiger partial charge in [-0.1, -0.05) is 18.2 Å². The van der Waals surface area contributed by atoms with Crippen LogP contribution in [0.3, 0.4) is 0 Å². The molecule has 112 valence electrons. The summed E-state index contributed by atoms with van der Waals surface area (Å²) in [6, 6.07) is 6.63. The van der Waals surface area contributed by atoms with E-state index in [0.29, 0.717) is 5.56 Å². The SMILES string of the molecule is COc1ccccc1[C@@H](C)NC(=O)C(N)c1cnn(C)c1. The Morgan fingerprint density at radius 3 is 2.76 bits per heavy atom. The molecular weight excluding hydrogens is 268 g/mol. The maximum absolute atomic E-state index is 12.2. The molecule has 1 aromatic heterocycles. The van der Waals surface area contributed by atoms with Gasteiger partial charge in [0.15, 0.2) is 0 Å². The molecule has 1 amide bonds. The smallest absolute Gasteiger partial charge is 0.242 e. The van der Waals surface area contributed by atoms with Gasteiger partial charge in [-0.3, -0.25) is 9.48 Å². The summed E-state index contributed by atoms with van der Waals surface area (Å²) >= 11 is 0. The highest BCUT2D eigenvalue weighted by Crippen LogP contribution is 2.24. The molecule has 1 unspecified atom stereocenters. The molecule has 1 aromatic carbocycles. The molecule has 0 aliphatic heterocycles. The van der Waals surface area contributed by atoms with Gasteiger partial charge in [-0.05, 0) is 13.0 Å². The topological polar surface area (TPSA) is 82.2 Å². The molecule has 0 aliphatic carbocycles. The molecule has 0 bridgehead atoms. The highest BCUT2D eigenvalue weighted by Gasteiger charge is 2.20. The Kier molecular flexibility index (Phi) is 4.59. The summed E-state index contributed by atoms with van der Waals surface area (Å²) in [5, 5.41) is 6.92. The van der Waals surface area contributed by atoms with Gasteiger partial charge >= 0.3 is 0 Å². The van der Waals surface area contributed by atoms with Crippen molar-refractivity contribution in [2.45, 2.75) is 19.0 Å². The summed E-state index contributed by atoms with van der Waals surface area (Å²) in [6.45, 7) is 1.89. The van der Waals surface area contributed by atoms with Gasteiger partial charge in [0, 0.05) is 24.4 Å². The third-order valence-corrected chi connectivity index (χ3v) is 3.33. The van der Waals surface area contributed by atoms with Gasteiger partial charge < -0.3 is 15.8 Å². The van der Waals surface area contributed by atoms with E-state index < -0.39 is 6.04 Å². The average molecular weight is 288 g/mol. The number of nitrogens with one attached hydrogen (secondary N) is 1. The number of carbonyl (C=O) groups is 1. The molecule has 0 radical (unpaired) electrons. The normalized spacial score (nSPS) is 13.5. The Bertz CT molecular complexity index is 624. The van der Waals surface area contributed by atoms with Crippen LogP contribution >= 0.6 is 0 Å². The van der Waals surface area contributed by atoms with Gasteiger partial charge in [-0.2, -0.15) is 5.10 Å². The Labute approximate surface area is 123 Å². The van der Waals surface area contributed by atoms with Crippen LogP contribution in [-0.2, 0) is 11.8 Å². The Hall–Kier alpha value is -2.34. The van der Waals surface area contributed by atoms with Crippen molar-refractivity contribution in [3.63, 3.8) is 0 Å². The van der Waals surface area contributed by atoms with Gasteiger partial charge in [0.2, 0.25) is 5.91 Å². The van der Waals surface area contributed by atoms with Gasteiger partial charge in [0.25, 0.3) is 0 Å². The van der Waals surface area contributed by atoms with Crippen molar-refractivity contribution in [1.29, 1.82) is 0 Å². The lowest BCUT2D eigenvalue weighted by Crippen LogP contribution is -2.35. The van der Waals surface area contributed by atoms with Crippen LogP contribution in [-0.4, -0.2) is 22.8 Å². The van der Waals surface area contributed by atoms with Crippen molar-refractivity contribution in [2.75, 3.05) is 7.11 Å². The van der Waals surface area contributed by atoms with Crippen LogP contribution in [0, 0.1) is 0 Å². The predicted molar refractivity (Wildman–Crippen MR) is 79.7 cm³/mol. The highest BCUT2D eigenvalue weighted by molar-refractivity contribution is 5.83. The van der Waals surface area contributed by atoms with E-state index >= 15 is 0 Å². The lowest BCUT2D eigenvalue weighted by Gasteiger charge is -2.19. The number of aromatic nitrogens is 2. The molecule has 3 N–H and O–H groups in total. The molecule has 2 atom stereocenters. The fourth-order valence-corrected chi connectivity index (χ4v) is 2.16. The first kappa shape index (κ1) is 15.1. The summed E-state index contributed by atoms with van der Waals surface area (Å²) in [4.78, 5) is 12.2. The van der Waals surface area contributed by atoms with Crippen LogP contribution in [0.1, 0.15) is 30.1 Å². The molecule has 0 fully saturated rings. The highest BCUT2D eigenvalue weighted by atomic mass is 16.5. The molecule has 0 spiro atoms. The summed E-state index contributed by atoms with van der Waals surface area (Å²) in [7, 11) is 3.39. The number of methoxy groups -OCH3 is 1. The largest absolute Gasteiger partial charge is 0.496 e. The lowest BCUT2D eigenvalue weighted by molar-refractivity contribution is -0.123. The summed E-state index contributed by atoms with van der Waals surface area (Å²) in [5.41, 5.74) is 7.54. The Morgan fingerprint density at radius 1 is 1.43 bits per heavy atom. The zero-order valence-corrected chi connectivity index (χ0v) is 12.4. The van der Waals surface area contributed by atoms with Crippen molar-refractivity contribution in [1.82, 2.24) is 15.1 Å². The van der Waals surface area contributed by atoms with Crippen LogP contribution in [0.15, 0.2) is 36.7 Å². The number of benzene rings is 1. The minimum absolute atomic E-state index is 0.198. The number of hydrogen-bond donors (Lipinski definition) is 2. The number of nitrogens with zero attached hydrogens (tertiary/aromatic N) is 2. The van der Waals surface area contributed by atoms with E-state index in [4.69, 9.17) is 10.5 Å². The molecule has 6 nitrogen and oxygen atoms in total. The van der Waals surface area contributed by atoms with Gasteiger partial charge in [-0.25, -0.2) is 0 Å². The molecule has 2 aromatic rings. The molecule has 0 saturated heterocycles. The summed E-state index contributed by atoms with van der Waals surface area (Å²) in [6.07, 6.45) is 3.33. The van der Waals surface area contributed by atoms with Crippen LogP contribution in [0.5, 0.6) is 5.75 Å². The fourth-order valence-electron chi connectivity index (χ4n) is 2.16. The molecule has 6 heteroatoms. The van der Waals surface area contributed by atoms with Crippen LogP contribution in [0.2, 0.25) is 0 Å². The zero-order valence-electron chi connectivity index (χ0n) is 12.4. The summed E-state index contributed by atoms with van der Waals surface area (Å²) in [5.74, 6) is 0.488. The molecule has 1 heterocycles. The maximum atomic E-state index is 12.2. The van der Waals surface area contributed by atoms with Crippen molar-refractivity contribution in [3.8, 4) is 5.75 Å². The first-order chi connectivity index (χ1) is 10.0. The van der Waals surface area contributed by atoms with Crippen molar-refractivity contribution in [3.05, 3.63) is 47.8 Å².